The van der Waals surface area contributed by atoms with Crippen LogP contribution >= 0.6 is 27.7 Å². The number of amides is 2. The number of thioether (sulfide) groups is 1. The van der Waals surface area contributed by atoms with Crippen LogP contribution in [0, 0.1) is 0 Å². The van der Waals surface area contributed by atoms with Gasteiger partial charge in [-0.2, -0.15) is 0 Å². The molecular formula is C20H16BrNO5S. The van der Waals surface area contributed by atoms with Gasteiger partial charge in [-0.1, -0.05) is 30.3 Å². The number of phenolic OH excluding ortho intramolecular Hbond substituents is 1. The molecule has 1 N–H and O–H groups in total. The average molecular weight is 462 g/mol. The van der Waals surface area contributed by atoms with E-state index in [0.29, 0.717) is 22.2 Å². The van der Waals surface area contributed by atoms with Crippen LogP contribution in [-0.2, 0) is 4.79 Å². The Labute approximate surface area is 174 Å². The van der Waals surface area contributed by atoms with Crippen LogP contribution < -0.4 is 4.74 Å². The van der Waals surface area contributed by atoms with Crippen molar-refractivity contribution in [3.05, 3.63) is 63.0 Å². The van der Waals surface area contributed by atoms with E-state index in [1.54, 1.807) is 49.4 Å². The summed E-state index contributed by atoms with van der Waals surface area (Å²) in [5.74, 6) is -0.612. The lowest BCUT2D eigenvalue weighted by molar-refractivity contribution is -0.122. The number of Topliss-reactive ketones (excluding diaryl/α,β-unsaturated/α-hetero) is 1. The van der Waals surface area contributed by atoms with Gasteiger partial charge in [0.15, 0.2) is 17.3 Å². The van der Waals surface area contributed by atoms with Crippen LogP contribution in [0.2, 0.25) is 0 Å². The molecule has 2 aromatic rings. The molecule has 0 bridgehead atoms. The summed E-state index contributed by atoms with van der Waals surface area (Å²) in [5.41, 5.74) is 1.02. The maximum atomic E-state index is 12.6. The minimum absolute atomic E-state index is 0.0411. The molecule has 2 aromatic carbocycles. The molecule has 0 radical (unpaired) electrons. The highest BCUT2D eigenvalue weighted by molar-refractivity contribution is 9.10. The second kappa shape index (κ2) is 8.62. The lowest BCUT2D eigenvalue weighted by Gasteiger charge is -2.11. The number of phenols is 1. The number of carbonyl (C=O) groups excluding carboxylic acids is 3. The van der Waals surface area contributed by atoms with E-state index < -0.39 is 11.1 Å². The Balaban J connectivity index is 1.82. The molecule has 8 heteroatoms. The van der Waals surface area contributed by atoms with Crippen molar-refractivity contribution in [1.29, 1.82) is 0 Å². The summed E-state index contributed by atoms with van der Waals surface area (Å²) in [6.45, 7) is 1.84. The largest absolute Gasteiger partial charge is 0.503 e. The molecule has 2 amide bonds. The van der Waals surface area contributed by atoms with E-state index in [4.69, 9.17) is 4.74 Å². The van der Waals surface area contributed by atoms with Crippen molar-refractivity contribution in [3.63, 3.8) is 0 Å². The summed E-state index contributed by atoms with van der Waals surface area (Å²) in [4.78, 5) is 38.3. The van der Waals surface area contributed by atoms with E-state index in [-0.39, 0.29) is 28.7 Å². The fourth-order valence-electron chi connectivity index (χ4n) is 2.59. The van der Waals surface area contributed by atoms with E-state index in [2.05, 4.69) is 15.9 Å². The number of rotatable bonds is 6. The third kappa shape index (κ3) is 4.28. The number of imide groups is 1. The van der Waals surface area contributed by atoms with E-state index in [9.17, 15) is 19.5 Å². The van der Waals surface area contributed by atoms with E-state index in [1.807, 2.05) is 0 Å². The summed E-state index contributed by atoms with van der Waals surface area (Å²) in [6, 6.07) is 11.7. The smallest absolute Gasteiger partial charge is 0.293 e. The van der Waals surface area contributed by atoms with Gasteiger partial charge in [0.2, 0.25) is 0 Å². The number of aromatic hydroxyl groups is 1. The van der Waals surface area contributed by atoms with Crippen molar-refractivity contribution < 1.29 is 24.2 Å². The predicted octanol–water partition coefficient (Wildman–Crippen LogP) is 4.47. The summed E-state index contributed by atoms with van der Waals surface area (Å²) in [7, 11) is 0. The molecular weight excluding hydrogens is 446 g/mol. The highest BCUT2D eigenvalue weighted by atomic mass is 79.9. The van der Waals surface area contributed by atoms with Gasteiger partial charge in [0.25, 0.3) is 11.1 Å². The summed E-state index contributed by atoms with van der Waals surface area (Å²) in [5, 5.41) is 9.50. The number of hydrogen-bond acceptors (Lipinski definition) is 6. The number of halogens is 1. The van der Waals surface area contributed by atoms with Gasteiger partial charge in [0, 0.05) is 5.56 Å². The molecule has 1 aliphatic heterocycles. The van der Waals surface area contributed by atoms with Gasteiger partial charge in [-0.25, -0.2) is 0 Å². The van der Waals surface area contributed by atoms with Crippen LogP contribution in [0.4, 0.5) is 4.79 Å². The summed E-state index contributed by atoms with van der Waals surface area (Å²) in [6.07, 6.45) is 1.53. The second-order valence-electron chi connectivity index (χ2n) is 5.84. The minimum Gasteiger partial charge on any atom is -0.503 e. The van der Waals surface area contributed by atoms with Gasteiger partial charge in [0.1, 0.15) is 0 Å². The molecule has 0 aromatic heterocycles. The van der Waals surface area contributed by atoms with Crippen LogP contribution in [0.5, 0.6) is 11.5 Å². The Morgan fingerprint density at radius 3 is 2.64 bits per heavy atom. The van der Waals surface area contributed by atoms with Crippen LogP contribution in [-0.4, -0.2) is 40.1 Å². The Bertz CT molecular complexity index is 974. The molecule has 0 saturated carbocycles. The molecule has 0 unspecified atom stereocenters. The van der Waals surface area contributed by atoms with E-state index in [1.165, 1.54) is 6.08 Å². The van der Waals surface area contributed by atoms with Crippen molar-refractivity contribution in [2.24, 2.45) is 0 Å². The first-order valence-corrected chi connectivity index (χ1v) is 10.0. The Kier molecular flexibility index (Phi) is 6.21. The number of nitrogens with zero attached hydrogens (tertiary/aromatic N) is 1. The maximum Gasteiger partial charge on any atom is 0.293 e. The zero-order valence-corrected chi connectivity index (χ0v) is 17.2. The van der Waals surface area contributed by atoms with Crippen molar-refractivity contribution in [1.82, 2.24) is 4.90 Å². The number of hydrogen-bond donors (Lipinski definition) is 1. The molecule has 1 aliphatic rings. The molecule has 28 heavy (non-hydrogen) atoms. The summed E-state index contributed by atoms with van der Waals surface area (Å²) >= 11 is 4.01. The lowest BCUT2D eigenvalue weighted by atomic mass is 10.1. The Morgan fingerprint density at radius 1 is 1.25 bits per heavy atom. The van der Waals surface area contributed by atoms with Gasteiger partial charge < -0.3 is 9.84 Å². The monoisotopic (exact) mass is 461 g/mol. The van der Waals surface area contributed by atoms with Gasteiger partial charge in [-0.05, 0) is 58.4 Å². The molecule has 1 fully saturated rings. The first kappa shape index (κ1) is 20.2. The molecule has 144 valence electrons. The quantitative estimate of drug-likeness (QED) is 0.504. The fraction of sp³-hybridized carbons (Fsp3) is 0.150. The molecule has 0 atom stereocenters. The first-order chi connectivity index (χ1) is 13.4. The van der Waals surface area contributed by atoms with E-state index >= 15 is 0 Å². The van der Waals surface area contributed by atoms with Gasteiger partial charge in [0.05, 0.1) is 22.5 Å². The highest BCUT2D eigenvalue weighted by Crippen LogP contribution is 2.38. The van der Waals surface area contributed by atoms with Gasteiger partial charge in [-0.15, -0.1) is 0 Å². The average Bonchev–Trinajstić information content (AvgIpc) is 2.94. The third-order valence-electron chi connectivity index (χ3n) is 3.92. The molecule has 1 saturated heterocycles. The fourth-order valence-corrected chi connectivity index (χ4v) is 3.89. The van der Waals surface area contributed by atoms with Crippen molar-refractivity contribution >= 4 is 50.7 Å². The van der Waals surface area contributed by atoms with Crippen LogP contribution in [0.3, 0.4) is 0 Å². The predicted molar refractivity (Wildman–Crippen MR) is 110 cm³/mol. The number of benzene rings is 2. The maximum absolute atomic E-state index is 12.6. The SMILES string of the molecule is CCOc1cc(/C=C2/SC(=O)N(CC(=O)c3ccccc3)C2=O)cc(Br)c1O. The number of ether oxygens (including phenoxy) is 1. The number of ketones is 1. The van der Waals surface area contributed by atoms with Crippen LogP contribution in [0.15, 0.2) is 51.8 Å². The van der Waals surface area contributed by atoms with Crippen molar-refractivity contribution in [3.8, 4) is 11.5 Å². The van der Waals surface area contributed by atoms with Gasteiger partial charge >= 0.3 is 0 Å². The first-order valence-electron chi connectivity index (χ1n) is 8.39. The van der Waals surface area contributed by atoms with Crippen molar-refractivity contribution in [2.75, 3.05) is 13.2 Å². The Hall–Kier alpha value is -2.58. The van der Waals surface area contributed by atoms with Crippen LogP contribution in [0.25, 0.3) is 6.08 Å². The lowest BCUT2D eigenvalue weighted by Crippen LogP contribution is -2.33. The Morgan fingerprint density at radius 2 is 1.96 bits per heavy atom. The molecule has 1 heterocycles. The zero-order valence-electron chi connectivity index (χ0n) is 14.8. The zero-order chi connectivity index (χ0) is 20.3. The third-order valence-corrected chi connectivity index (χ3v) is 5.43. The van der Waals surface area contributed by atoms with Gasteiger partial charge in [-0.3, -0.25) is 19.3 Å². The minimum atomic E-state index is -0.526. The van der Waals surface area contributed by atoms with Crippen LogP contribution in [0.1, 0.15) is 22.8 Å². The van der Waals surface area contributed by atoms with Crippen molar-refractivity contribution in [2.45, 2.75) is 6.92 Å². The molecule has 0 aliphatic carbocycles. The van der Waals surface area contributed by atoms with E-state index in [0.717, 1.165) is 16.7 Å². The molecule has 6 nitrogen and oxygen atoms in total. The highest BCUT2D eigenvalue weighted by Gasteiger charge is 2.36. The number of carbonyl (C=O) groups is 3. The standard InChI is InChI=1S/C20H16BrNO5S/c1-2-27-16-9-12(8-14(21)18(16)24)10-17-19(25)22(20(26)28-17)11-15(23)13-6-4-3-5-7-13/h3-10,24H,2,11H2,1H3/b17-10+. The molecule has 0 spiro atoms. The summed E-state index contributed by atoms with van der Waals surface area (Å²) < 4.78 is 5.78. The second-order valence-corrected chi connectivity index (χ2v) is 7.69. The normalized spacial score (nSPS) is 15.4. The topological polar surface area (TPSA) is 83.9 Å². The molecule has 3 rings (SSSR count).